The molecule has 210 valence electrons. The minimum atomic E-state index is -1.47. The van der Waals surface area contributed by atoms with Gasteiger partial charge < -0.3 is 37.9 Å². The molecule has 1 aliphatic heterocycles. The molecule has 2 aromatic rings. The van der Waals surface area contributed by atoms with Gasteiger partial charge in [-0.2, -0.15) is 0 Å². The van der Waals surface area contributed by atoms with Gasteiger partial charge in [0.1, 0.15) is 29.8 Å². The Hall–Kier alpha value is -4.33. The van der Waals surface area contributed by atoms with Crippen molar-refractivity contribution in [3.8, 4) is 5.75 Å². The molecule has 0 bridgehead atoms. The quantitative estimate of drug-likeness (QED) is 0.149. The summed E-state index contributed by atoms with van der Waals surface area (Å²) in [4.78, 5) is 50.1. The third kappa shape index (κ3) is 7.37. The average Bonchev–Trinajstić information content (AvgIpc) is 3.29. The molecule has 0 unspecified atom stereocenters. The lowest BCUT2D eigenvalue weighted by Gasteiger charge is -2.43. The topological polar surface area (TPSA) is 206 Å². The van der Waals surface area contributed by atoms with Gasteiger partial charge in [-0.05, 0) is 23.7 Å². The molecule has 2 heterocycles. The zero-order chi connectivity index (χ0) is 28.7. The number of aliphatic hydroxyl groups is 1. The van der Waals surface area contributed by atoms with E-state index in [4.69, 9.17) is 38.4 Å². The first-order chi connectivity index (χ1) is 18.5. The molecule has 39 heavy (non-hydrogen) atoms. The number of ether oxygens (including phenoxy) is 6. The van der Waals surface area contributed by atoms with E-state index in [-0.39, 0.29) is 30.2 Å². The van der Waals surface area contributed by atoms with Gasteiger partial charge in [-0.25, -0.2) is 0 Å². The molecule has 0 amide bonds. The number of aliphatic hydroxyl groups excluding tert-OH is 1. The number of carbonyl (C=O) groups is 4. The van der Waals surface area contributed by atoms with E-state index < -0.39 is 61.2 Å². The smallest absolute Gasteiger partial charge is 0.303 e. The molecule has 1 N–H and O–H groups in total. The summed E-state index contributed by atoms with van der Waals surface area (Å²) in [5.41, 5.74) is 9.28. The van der Waals surface area contributed by atoms with Crippen molar-refractivity contribution in [2.45, 2.75) is 71.6 Å². The number of benzene rings is 1. The molecular formula is C24H27N3O12. The predicted octanol–water partition coefficient (Wildman–Crippen LogP) is 2.20. The molecule has 5 atom stereocenters. The summed E-state index contributed by atoms with van der Waals surface area (Å²) in [6.07, 6.45) is -6.85. The molecule has 1 fully saturated rings. The molecule has 1 aromatic carbocycles. The molecule has 15 nitrogen and oxygen atoms in total. The highest BCUT2D eigenvalue weighted by Gasteiger charge is 2.53. The second kappa shape index (κ2) is 13.0. The van der Waals surface area contributed by atoms with Gasteiger partial charge in [-0.3, -0.25) is 19.2 Å². The van der Waals surface area contributed by atoms with Crippen LogP contribution in [0.1, 0.15) is 39.0 Å². The standard InChI is InChI=1S/C24H27N3O12/c1-11(29)33-10-19-21(34-12(2)30)22(35-13(3)31)23(36-14(4)32)24(39-19)38-18-6-5-15(9-28)20-17(18)7-16(37-20)8-26-27-25/h5-7,19,21-24,28H,8-10H2,1-4H3/t19-,21+,22+,23-,24-/m1/s1. The number of fused-ring (bicyclic) bond motifs is 1. The molecule has 0 aliphatic carbocycles. The fourth-order valence-electron chi connectivity index (χ4n) is 4.02. The highest BCUT2D eigenvalue weighted by molar-refractivity contribution is 5.87. The number of esters is 4. The molecule has 1 aliphatic rings. The Labute approximate surface area is 221 Å². The second-order valence-electron chi connectivity index (χ2n) is 8.41. The molecular weight excluding hydrogens is 522 g/mol. The van der Waals surface area contributed by atoms with Gasteiger partial charge in [0.05, 0.1) is 18.5 Å². The van der Waals surface area contributed by atoms with Gasteiger partial charge in [0.2, 0.25) is 12.4 Å². The van der Waals surface area contributed by atoms with Crippen molar-refractivity contribution >= 4 is 34.8 Å². The molecule has 0 saturated carbocycles. The minimum absolute atomic E-state index is 0.117. The monoisotopic (exact) mass is 549 g/mol. The van der Waals surface area contributed by atoms with Gasteiger partial charge in [-0.15, -0.1) is 0 Å². The summed E-state index contributed by atoms with van der Waals surface area (Å²) >= 11 is 0. The van der Waals surface area contributed by atoms with Crippen LogP contribution >= 0.6 is 0 Å². The summed E-state index contributed by atoms with van der Waals surface area (Å²) in [6, 6.07) is 4.54. The van der Waals surface area contributed by atoms with E-state index in [2.05, 4.69) is 10.0 Å². The van der Waals surface area contributed by atoms with E-state index in [9.17, 15) is 24.3 Å². The summed E-state index contributed by atoms with van der Waals surface area (Å²) in [7, 11) is 0. The molecule has 0 radical (unpaired) electrons. The van der Waals surface area contributed by atoms with Crippen LogP contribution in [0.25, 0.3) is 21.4 Å². The van der Waals surface area contributed by atoms with Crippen LogP contribution in [0.4, 0.5) is 0 Å². The van der Waals surface area contributed by atoms with E-state index in [1.54, 1.807) is 0 Å². The van der Waals surface area contributed by atoms with Crippen molar-refractivity contribution in [1.29, 1.82) is 0 Å². The van der Waals surface area contributed by atoms with Crippen molar-refractivity contribution in [2.75, 3.05) is 6.61 Å². The van der Waals surface area contributed by atoms with Crippen LogP contribution in [0.2, 0.25) is 0 Å². The Balaban J connectivity index is 2.08. The number of rotatable bonds is 10. The van der Waals surface area contributed by atoms with Crippen molar-refractivity contribution in [3.63, 3.8) is 0 Å². The lowest BCUT2D eigenvalue weighted by atomic mass is 9.98. The summed E-state index contributed by atoms with van der Waals surface area (Å²) in [5, 5.41) is 13.6. The number of furan rings is 1. The van der Waals surface area contributed by atoms with Crippen molar-refractivity contribution in [3.05, 3.63) is 40.0 Å². The van der Waals surface area contributed by atoms with Gasteiger partial charge in [-0.1, -0.05) is 5.11 Å². The largest absolute Gasteiger partial charge is 0.463 e. The maximum Gasteiger partial charge on any atom is 0.303 e. The Kier molecular flexibility index (Phi) is 9.71. The first-order valence-corrected chi connectivity index (χ1v) is 11.7. The third-order valence-electron chi connectivity index (χ3n) is 5.43. The van der Waals surface area contributed by atoms with Crippen molar-refractivity contribution in [1.82, 2.24) is 0 Å². The van der Waals surface area contributed by atoms with Crippen LogP contribution < -0.4 is 4.74 Å². The predicted molar refractivity (Wildman–Crippen MR) is 128 cm³/mol. The van der Waals surface area contributed by atoms with Crippen LogP contribution in [0.3, 0.4) is 0 Å². The SMILES string of the molecule is CC(=O)OC[C@H]1O[C@@H](Oc2ccc(CO)c3oc(CN=[N+]=[N-])cc23)[C@H](OC(C)=O)[C@@H](OC(C)=O)[C@H]1OC(C)=O. The highest BCUT2D eigenvalue weighted by atomic mass is 16.7. The number of nitrogens with zero attached hydrogens (tertiary/aromatic N) is 3. The van der Waals surface area contributed by atoms with Crippen molar-refractivity contribution < 1.29 is 57.1 Å². The Bertz CT molecular complexity index is 1280. The van der Waals surface area contributed by atoms with E-state index in [0.29, 0.717) is 10.9 Å². The highest BCUT2D eigenvalue weighted by Crippen LogP contribution is 2.36. The number of azide groups is 1. The zero-order valence-corrected chi connectivity index (χ0v) is 21.5. The van der Waals surface area contributed by atoms with Crippen LogP contribution in [-0.4, -0.2) is 66.3 Å². The lowest BCUT2D eigenvalue weighted by Crippen LogP contribution is -2.63. The fraction of sp³-hybridized carbons (Fsp3) is 0.500. The van der Waals surface area contributed by atoms with E-state index >= 15 is 0 Å². The molecule has 3 rings (SSSR count). The molecule has 1 aromatic heterocycles. The normalized spacial score (nSPS) is 22.3. The van der Waals surface area contributed by atoms with E-state index in [1.165, 1.54) is 18.2 Å². The first kappa shape index (κ1) is 29.2. The van der Waals surface area contributed by atoms with E-state index in [0.717, 1.165) is 27.7 Å². The van der Waals surface area contributed by atoms with Crippen LogP contribution in [0, 0.1) is 0 Å². The van der Waals surface area contributed by atoms with Gasteiger partial charge >= 0.3 is 23.9 Å². The number of hydrogen-bond acceptors (Lipinski definition) is 13. The average molecular weight is 549 g/mol. The zero-order valence-electron chi connectivity index (χ0n) is 21.5. The fourth-order valence-corrected chi connectivity index (χ4v) is 4.02. The van der Waals surface area contributed by atoms with Crippen LogP contribution in [-0.2, 0) is 56.0 Å². The Morgan fingerprint density at radius 3 is 2.21 bits per heavy atom. The third-order valence-corrected chi connectivity index (χ3v) is 5.43. The summed E-state index contributed by atoms with van der Waals surface area (Å²) in [5.74, 6) is -2.57. The molecule has 1 saturated heterocycles. The van der Waals surface area contributed by atoms with Gasteiger partial charge in [0.15, 0.2) is 12.2 Å². The van der Waals surface area contributed by atoms with Crippen molar-refractivity contribution in [2.24, 2.45) is 5.11 Å². The summed E-state index contributed by atoms with van der Waals surface area (Å²) in [6.45, 7) is 3.59. The Morgan fingerprint density at radius 1 is 0.974 bits per heavy atom. The lowest BCUT2D eigenvalue weighted by molar-refractivity contribution is -0.288. The maximum atomic E-state index is 12.0. The molecule has 0 spiro atoms. The van der Waals surface area contributed by atoms with Gasteiger partial charge in [0.25, 0.3) is 0 Å². The first-order valence-electron chi connectivity index (χ1n) is 11.7. The minimum Gasteiger partial charge on any atom is -0.463 e. The maximum absolute atomic E-state index is 12.0. The summed E-state index contributed by atoms with van der Waals surface area (Å²) < 4.78 is 39.0. The number of carbonyl (C=O) groups excluding carboxylic acids is 4. The van der Waals surface area contributed by atoms with E-state index in [1.807, 2.05) is 0 Å². The number of hydrogen-bond donors (Lipinski definition) is 1. The Morgan fingerprint density at radius 2 is 1.62 bits per heavy atom. The second-order valence-corrected chi connectivity index (χ2v) is 8.41. The van der Waals surface area contributed by atoms with Crippen LogP contribution in [0.5, 0.6) is 5.75 Å². The van der Waals surface area contributed by atoms with Gasteiger partial charge in [0, 0.05) is 38.2 Å². The molecule has 15 heteroatoms. The van der Waals surface area contributed by atoms with Crippen LogP contribution in [0.15, 0.2) is 27.7 Å².